The number of rotatable bonds is 2. The van der Waals surface area contributed by atoms with Gasteiger partial charge in [-0.1, -0.05) is 6.42 Å². The molecular weight excluding hydrogens is 286 g/mol. The van der Waals surface area contributed by atoms with Crippen molar-refractivity contribution in [2.75, 3.05) is 32.8 Å². The summed E-state index contributed by atoms with van der Waals surface area (Å²) in [7, 11) is 0. The van der Waals surface area contributed by atoms with Gasteiger partial charge in [-0.25, -0.2) is 4.79 Å². The minimum Gasteiger partial charge on any atom is -0.450 e. The average molecular weight is 311 g/mol. The zero-order valence-electron chi connectivity index (χ0n) is 12.7. The third kappa shape index (κ3) is 3.25. The maximum Gasteiger partial charge on any atom is 0.409 e. The standard InChI is InChI=1S/C15H25N3O2S/c1-2-20-15(19)18-7-5-17(6-8-18)14(21)16-13-10-11-3-4-12(13)9-11/h11-13H,2-10H2,1H3,(H,16,21)/t11-,12+,13+/m1/s1. The molecule has 0 unspecified atom stereocenters. The largest absolute Gasteiger partial charge is 0.450 e. The fourth-order valence-corrected chi connectivity index (χ4v) is 4.31. The lowest BCUT2D eigenvalue weighted by atomic mass is 9.95. The molecule has 3 rings (SSSR count). The Hall–Kier alpha value is -1.04. The number of fused-ring (bicyclic) bond motifs is 2. The highest BCUT2D eigenvalue weighted by molar-refractivity contribution is 7.80. The van der Waals surface area contributed by atoms with E-state index in [0.29, 0.717) is 25.7 Å². The quantitative estimate of drug-likeness (QED) is 0.788. The third-order valence-corrected chi connectivity index (χ3v) is 5.52. The van der Waals surface area contributed by atoms with Gasteiger partial charge in [0.15, 0.2) is 5.11 Å². The Morgan fingerprint density at radius 2 is 1.90 bits per heavy atom. The summed E-state index contributed by atoms with van der Waals surface area (Å²) >= 11 is 5.56. The molecule has 1 amide bonds. The molecule has 0 aromatic rings. The highest BCUT2D eigenvalue weighted by Crippen LogP contribution is 2.44. The summed E-state index contributed by atoms with van der Waals surface area (Å²) in [6.45, 7) is 5.25. The number of hydrogen-bond donors (Lipinski definition) is 1. The lowest BCUT2D eigenvalue weighted by Gasteiger charge is -2.37. The molecular formula is C15H25N3O2S. The molecule has 3 atom stereocenters. The molecule has 21 heavy (non-hydrogen) atoms. The first-order chi connectivity index (χ1) is 10.2. The van der Waals surface area contributed by atoms with Crippen LogP contribution in [0, 0.1) is 11.8 Å². The molecule has 0 aromatic carbocycles. The summed E-state index contributed by atoms with van der Waals surface area (Å²) in [6.07, 6.45) is 5.24. The molecule has 1 heterocycles. The summed E-state index contributed by atoms with van der Waals surface area (Å²) in [5, 5.41) is 4.44. The van der Waals surface area contributed by atoms with Gasteiger partial charge in [0, 0.05) is 32.2 Å². The van der Waals surface area contributed by atoms with Crippen molar-refractivity contribution in [1.29, 1.82) is 0 Å². The molecule has 118 valence electrons. The van der Waals surface area contributed by atoms with Gasteiger partial charge in [-0.2, -0.15) is 0 Å². The van der Waals surface area contributed by atoms with Gasteiger partial charge >= 0.3 is 6.09 Å². The van der Waals surface area contributed by atoms with Crippen LogP contribution in [0.2, 0.25) is 0 Å². The molecule has 1 aliphatic heterocycles. The highest BCUT2D eigenvalue weighted by atomic mass is 32.1. The molecule has 3 aliphatic rings. The van der Waals surface area contributed by atoms with Gasteiger partial charge in [-0.3, -0.25) is 0 Å². The van der Waals surface area contributed by atoms with Crippen LogP contribution in [-0.4, -0.2) is 59.8 Å². The first-order valence-corrected chi connectivity index (χ1v) is 8.55. The van der Waals surface area contributed by atoms with Crippen molar-refractivity contribution in [2.45, 2.75) is 38.6 Å². The second-order valence-electron chi connectivity index (χ2n) is 6.40. The number of nitrogens with one attached hydrogen (secondary N) is 1. The molecule has 2 aliphatic carbocycles. The molecule has 0 radical (unpaired) electrons. The zero-order valence-corrected chi connectivity index (χ0v) is 13.5. The van der Waals surface area contributed by atoms with E-state index in [1.165, 1.54) is 25.7 Å². The molecule has 5 nitrogen and oxygen atoms in total. The van der Waals surface area contributed by atoms with E-state index in [0.717, 1.165) is 30.0 Å². The second-order valence-corrected chi connectivity index (χ2v) is 6.79. The highest BCUT2D eigenvalue weighted by Gasteiger charge is 2.40. The fourth-order valence-electron chi connectivity index (χ4n) is 3.98. The van der Waals surface area contributed by atoms with Gasteiger partial charge < -0.3 is 19.9 Å². The SMILES string of the molecule is CCOC(=O)N1CCN(C(=S)N[C@H]2C[C@@H]3CC[C@H]2C3)CC1. The summed E-state index contributed by atoms with van der Waals surface area (Å²) < 4.78 is 5.04. The van der Waals surface area contributed by atoms with Gasteiger partial charge in [0.25, 0.3) is 0 Å². The Balaban J connectivity index is 1.44. The number of thiocarbonyl (C=S) groups is 1. The van der Waals surface area contributed by atoms with Crippen LogP contribution in [-0.2, 0) is 4.74 Å². The number of carbonyl (C=O) groups is 1. The Bertz CT molecular complexity index is 410. The first-order valence-electron chi connectivity index (χ1n) is 8.14. The number of nitrogens with zero attached hydrogens (tertiary/aromatic N) is 2. The first kappa shape index (κ1) is 14.9. The summed E-state index contributed by atoms with van der Waals surface area (Å²) in [4.78, 5) is 15.6. The minimum atomic E-state index is -0.205. The topological polar surface area (TPSA) is 44.8 Å². The molecule has 0 spiro atoms. The van der Waals surface area contributed by atoms with Crippen molar-refractivity contribution in [2.24, 2.45) is 11.8 Å². The lowest BCUT2D eigenvalue weighted by molar-refractivity contribution is 0.0916. The van der Waals surface area contributed by atoms with E-state index in [9.17, 15) is 4.79 Å². The van der Waals surface area contributed by atoms with Crippen LogP contribution in [0.15, 0.2) is 0 Å². The summed E-state index contributed by atoms with van der Waals surface area (Å²) in [5.41, 5.74) is 0. The lowest BCUT2D eigenvalue weighted by Crippen LogP contribution is -2.55. The third-order valence-electron chi connectivity index (χ3n) is 5.14. The second kappa shape index (κ2) is 6.38. The number of carbonyl (C=O) groups excluding carboxylic acids is 1. The minimum absolute atomic E-state index is 0.205. The van der Waals surface area contributed by atoms with Crippen LogP contribution in [0.1, 0.15) is 32.6 Å². The maximum atomic E-state index is 11.7. The molecule has 6 heteroatoms. The molecule has 1 saturated heterocycles. The molecule has 1 N–H and O–H groups in total. The van der Waals surface area contributed by atoms with Crippen molar-refractivity contribution < 1.29 is 9.53 Å². The van der Waals surface area contributed by atoms with E-state index in [4.69, 9.17) is 17.0 Å². The van der Waals surface area contributed by atoms with E-state index in [1.807, 2.05) is 6.92 Å². The van der Waals surface area contributed by atoms with Gasteiger partial charge in [0.05, 0.1) is 6.61 Å². The number of hydrogen-bond acceptors (Lipinski definition) is 3. The number of ether oxygens (including phenoxy) is 1. The smallest absolute Gasteiger partial charge is 0.409 e. The fraction of sp³-hybridized carbons (Fsp3) is 0.867. The van der Waals surface area contributed by atoms with E-state index < -0.39 is 0 Å². The molecule has 2 bridgehead atoms. The predicted octanol–water partition coefficient (Wildman–Crippen LogP) is 1.82. The van der Waals surface area contributed by atoms with Crippen molar-refractivity contribution in [1.82, 2.24) is 15.1 Å². The van der Waals surface area contributed by atoms with Crippen LogP contribution < -0.4 is 5.32 Å². The number of piperazine rings is 1. The van der Waals surface area contributed by atoms with E-state index >= 15 is 0 Å². The Labute approximate surface area is 132 Å². The summed E-state index contributed by atoms with van der Waals surface area (Å²) in [6, 6.07) is 0.583. The van der Waals surface area contributed by atoms with E-state index in [-0.39, 0.29) is 6.09 Å². The van der Waals surface area contributed by atoms with Crippen molar-refractivity contribution in [3.63, 3.8) is 0 Å². The Morgan fingerprint density at radius 1 is 1.19 bits per heavy atom. The molecule has 0 aromatic heterocycles. The predicted molar refractivity (Wildman–Crippen MR) is 85.1 cm³/mol. The monoisotopic (exact) mass is 311 g/mol. The van der Waals surface area contributed by atoms with Gasteiger partial charge in [0.2, 0.25) is 0 Å². The van der Waals surface area contributed by atoms with E-state index in [2.05, 4.69) is 10.2 Å². The van der Waals surface area contributed by atoms with Crippen molar-refractivity contribution in [3.05, 3.63) is 0 Å². The van der Waals surface area contributed by atoms with Gasteiger partial charge in [-0.15, -0.1) is 0 Å². The average Bonchev–Trinajstić information content (AvgIpc) is 3.10. The van der Waals surface area contributed by atoms with Crippen LogP contribution >= 0.6 is 12.2 Å². The van der Waals surface area contributed by atoms with Crippen LogP contribution in [0.5, 0.6) is 0 Å². The maximum absolute atomic E-state index is 11.7. The van der Waals surface area contributed by atoms with Crippen LogP contribution in [0.4, 0.5) is 4.79 Å². The van der Waals surface area contributed by atoms with Crippen LogP contribution in [0.3, 0.4) is 0 Å². The van der Waals surface area contributed by atoms with Crippen molar-refractivity contribution >= 4 is 23.4 Å². The van der Waals surface area contributed by atoms with Gasteiger partial charge in [-0.05, 0) is 50.2 Å². The molecule has 3 fully saturated rings. The Kier molecular flexibility index (Phi) is 4.52. The Morgan fingerprint density at radius 3 is 2.48 bits per heavy atom. The van der Waals surface area contributed by atoms with Crippen LogP contribution in [0.25, 0.3) is 0 Å². The van der Waals surface area contributed by atoms with Gasteiger partial charge in [0.1, 0.15) is 0 Å². The normalized spacial score (nSPS) is 31.4. The summed E-state index contributed by atoms with van der Waals surface area (Å²) in [5.74, 6) is 1.75. The zero-order chi connectivity index (χ0) is 14.8. The van der Waals surface area contributed by atoms with Crippen molar-refractivity contribution in [3.8, 4) is 0 Å². The van der Waals surface area contributed by atoms with E-state index in [1.54, 1.807) is 4.90 Å². The number of amides is 1. The molecule has 2 saturated carbocycles.